The third-order valence-corrected chi connectivity index (χ3v) is 3.94. The minimum Gasteiger partial charge on any atom is -0.308 e. The van der Waals surface area contributed by atoms with Crippen LogP contribution in [0.15, 0.2) is 73.3 Å². The standard InChI is InChI=1S/C19H17N5/c1-5-15-7-2-9-21-18(15)16(6-1)13-20-14-17-8-3-10-22-19(17)24-12-4-11-23-24/h1-12,20H,13-14H2. The Bertz CT molecular complexity index is 942. The highest BCUT2D eigenvalue weighted by Gasteiger charge is 2.06. The molecule has 3 heterocycles. The molecule has 0 spiro atoms. The van der Waals surface area contributed by atoms with Gasteiger partial charge in [0.05, 0.1) is 5.52 Å². The molecule has 0 aliphatic heterocycles. The van der Waals surface area contributed by atoms with Gasteiger partial charge in [0.15, 0.2) is 5.82 Å². The second kappa shape index (κ2) is 6.60. The molecule has 0 atom stereocenters. The quantitative estimate of drug-likeness (QED) is 0.615. The normalized spacial score (nSPS) is 11.0. The molecule has 0 fully saturated rings. The number of fused-ring (bicyclic) bond motifs is 1. The van der Waals surface area contributed by atoms with Crippen LogP contribution in [0.5, 0.6) is 0 Å². The van der Waals surface area contributed by atoms with E-state index < -0.39 is 0 Å². The van der Waals surface area contributed by atoms with Crippen LogP contribution in [0.2, 0.25) is 0 Å². The molecule has 4 rings (SSSR count). The van der Waals surface area contributed by atoms with E-state index in [1.165, 1.54) is 5.56 Å². The zero-order chi connectivity index (χ0) is 16.2. The third-order valence-electron chi connectivity index (χ3n) is 3.94. The summed E-state index contributed by atoms with van der Waals surface area (Å²) in [5.74, 6) is 0.853. The van der Waals surface area contributed by atoms with Crippen LogP contribution in [-0.4, -0.2) is 19.7 Å². The van der Waals surface area contributed by atoms with Crippen LogP contribution in [0.25, 0.3) is 16.7 Å². The number of para-hydroxylation sites is 1. The molecule has 5 heteroatoms. The van der Waals surface area contributed by atoms with Gasteiger partial charge in [0.1, 0.15) is 0 Å². The Morgan fingerprint density at radius 3 is 2.50 bits per heavy atom. The molecule has 24 heavy (non-hydrogen) atoms. The molecule has 0 saturated heterocycles. The highest BCUT2D eigenvalue weighted by Crippen LogP contribution is 2.16. The summed E-state index contributed by atoms with van der Waals surface area (Å²) in [6.07, 6.45) is 7.28. The van der Waals surface area contributed by atoms with Crippen LogP contribution in [0, 0.1) is 0 Å². The zero-order valence-corrected chi connectivity index (χ0v) is 13.1. The Labute approximate surface area is 140 Å². The van der Waals surface area contributed by atoms with Crippen LogP contribution in [-0.2, 0) is 13.1 Å². The minimum absolute atomic E-state index is 0.715. The Morgan fingerprint density at radius 1 is 0.792 bits per heavy atom. The lowest BCUT2D eigenvalue weighted by Crippen LogP contribution is -2.15. The molecule has 4 aromatic rings. The van der Waals surface area contributed by atoms with E-state index in [9.17, 15) is 0 Å². The van der Waals surface area contributed by atoms with Crippen LogP contribution in [0.3, 0.4) is 0 Å². The monoisotopic (exact) mass is 315 g/mol. The van der Waals surface area contributed by atoms with Crippen LogP contribution in [0.1, 0.15) is 11.1 Å². The van der Waals surface area contributed by atoms with Gasteiger partial charge in [-0.15, -0.1) is 0 Å². The lowest BCUT2D eigenvalue weighted by Gasteiger charge is -2.10. The highest BCUT2D eigenvalue weighted by atomic mass is 15.3. The van der Waals surface area contributed by atoms with Gasteiger partial charge in [-0.2, -0.15) is 5.10 Å². The van der Waals surface area contributed by atoms with E-state index in [0.717, 1.165) is 28.8 Å². The highest BCUT2D eigenvalue weighted by molar-refractivity contribution is 5.81. The van der Waals surface area contributed by atoms with Crippen LogP contribution < -0.4 is 5.32 Å². The lowest BCUT2D eigenvalue weighted by molar-refractivity contribution is 0.683. The number of hydrogen-bond acceptors (Lipinski definition) is 4. The lowest BCUT2D eigenvalue weighted by atomic mass is 10.1. The molecule has 0 bridgehead atoms. The van der Waals surface area contributed by atoms with Gasteiger partial charge in [-0.3, -0.25) is 4.98 Å². The molecule has 1 aromatic carbocycles. The first-order valence-electron chi connectivity index (χ1n) is 7.89. The molecular weight excluding hydrogens is 298 g/mol. The SMILES string of the molecule is c1cnc(-n2cccn2)c(CNCc2cccc3cccnc23)c1. The first-order valence-corrected chi connectivity index (χ1v) is 7.89. The first kappa shape index (κ1) is 14.5. The van der Waals surface area contributed by atoms with E-state index in [2.05, 4.69) is 50.7 Å². The van der Waals surface area contributed by atoms with Gasteiger partial charge in [0, 0.05) is 48.8 Å². The topological polar surface area (TPSA) is 55.6 Å². The van der Waals surface area contributed by atoms with Gasteiger partial charge in [0.2, 0.25) is 0 Å². The Morgan fingerprint density at radius 2 is 1.58 bits per heavy atom. The predicted molar refractivity (Wildman–Crippen MR) is 93.6 cm³/mol. The van der Waals surface area contributed by atoms with E-state index in [1.54, 1.807) is 17.1 Å². The smallest absolute Gasteiger partial charge is 0.157 e. The van der Waals surface area contributed by atoms with Gasteiger partial charge in [0.25, 0.3) is 0 Å². The van der Waals surface area contributed by atoms with Gasteiger partial charge >= 0.3 is 0 Å². The van der Waals surface area contributed by atoms with Crippen molar-refractivity contribution < 1.29 is 0 Å². The van der Waals surface area contributed by atoms with Crippen molar-refractivity contribution in [3.63, 3.8) is 0 Å². The number of aromatic nitrogens is 4. The van der Waals surface area contributed by atoms with Gasteiger partial charge in [-0.05, 0) is 23.8 Å². The second-order valence-corrected chi connectivity index (χ2v) is 5.53. The van der Waals surface area contributed by atoms with Crippen molar-refractivity contribution in [1.82, 2.24) is 25.1 Å². The number of rotatable bonds is 5. The van der Waals surface area contributed by atoms with Crippen molar-refractivity contribution in [2.45, 2.75) is 13.1 Å². The van der Waals surface area contributed by atoms with Crippen LogP contribution in [0.4, 0.5) is 0 Å². The molecule has 0 saturated carbocycles. The summed E-state index contributed by atoms with van der Waals surface area (Å²) < 4.78 is 1.79. The van der Waals surface area contributed by atoms with Gasteiger partial charge in [-0.25, -0.2) is 9.67 Å². The maximum Gasteiger partial charge on any atom is 0.157 e. The summed E-state index contributed by atoms with van der Waals surface area (Å²) in [5.41, 5.74) is 3.35. The van der Waals surface area contributed by atoms with Crippen molar-refractivity contribution in [1.29, 1.82) is 0 Å². The molecule has 0 aliphatic carbocycles. The maximum atomic E-state index is 4.50. The molecule has 0 aliphatic rings. The van der Waals surface area contributed by atoms with E-state index in [0.29, 0.717) is 6.54 Å². The zero-order valence-electron chi connectivity index (χ0n) is 13.1. The Kier molecular flexibility index (Phi) is 4.00. The fourth-order valence-electron chi connectivity index (χ4n) is 2.81. The molecule has 0 radical (unpaired) electrons. The molecule has 5 nitrogen and oxygen atoms in total. The fourth-order valence-corrected chi connectivity index (χ4v) is 2.81. The summed E-state index contributed by atoms with van der Waals surface area (Å²) in [4.78, 5) is 8.94. The second-order valence-electron chi connectivity index (χ2n) is 5.53. The molecular formula is C19H17N5. The molecule has 1 N–H and O–H groups in total. The third kappa shape index (κ3) is 2.89. The van der Waals surface area contributed by atoms with Crippen molar-refractivity contribution in [3.05, 3.63) is 84.4 Å². The van der Waals surface area contributed by atoms with Crippen molar-refractivity contribution in [3.8, 4) is 5.82 Å². The van der Waals surface area contributed by atoms with Gasteiger partial charge in [-0.1, -0.05) is 30.3 Å². The number of pyridine rings is 2. The summed E-state index contributed by atoms with van der Waals surface area (Å²) in [6.45, 7) is 1.47. The maximum absolute atomic E-state index is 4.50. The first-order chi connectivity index (χ1) is 11.9. The summed E-state index contributed by atoms with van der Waals surface area (Å²) in [6, 6.07) is 16.2. The van der Waals surface area contributed by atoms with Gasteiger partial charge < -0.3 is 5.32 Å². The predicted octanol–water partition coefficient (Wildman–Crippen LogP) is 3.11. The number of nitrogens with zero attached hydrogens (tertiary/aromatic N) is 4. The van der Waals surface area contributed by atoms with E-state index in [-0.39, 0.29) is 0 Å². The number of nitrogens with one attached hydrogen (secondary N) is 1. The average molecular weight is 315 g/mol. The largest absolute Gasteiger partial charge is 0.308 e. The fraction of sp³-hybridized carbons (Fsp3) is 0.105. The Balaban J connectivity index is 1.52. The molecule has 3 aromatic heterocycles. The molecule has 0 unspecified atom stereocenters. The summed E-state index contributed by atoms with van der Waals surface area (Å²) in [7, 11) is 0. The van der Waals surface area contributed by atoms with E-state index in [4.69, 9.17) is 0 Å². The van der Waals surface area contributed by atoms with Crippen molar-refractivity contribution >= 4 is 10.9 Å². The average Bonchev–Trinajstić information content (AvgIpc) is 3.17. The Hall–Kier alpha value is -3.05. The van der Waals surface area contributed by atoms with E-state index in [1.807, 2.05) is 30.6 Å². The number of hydrogen-bond donors (Lipinski definition) is 1. The van der Waals surface area contributed by atoms with E-state index >= 15 is 0 Å². The minimum atomic E-state index is 0.715. The van der Waals surface area contributed by atoms with Crippen molar-refractivity contribution in [2.24, 2.45) is 0 Å². The molecule has 0 amide bonds. The number of benzene rings is 1. The van der Waals surface area contributed by atoms with Crippen LogP contribution >= 0.6 is 0 Å². The molecule has 118 valence electrons. The summed E-state index contributed by atoms with van der Waals surface area (Å²) >= 11 is 0. The van der Waals surface area contributed by atoms with Crippen molar-refractivity contribution in [2.75, 3.05) is 0 Å². The summed E-state index contributed by atoms with van der Waals surface area (Å²) in [5, 5.41) is 8.92.